The summed E-state index contributed by atoms with van der Waals surface area (Å²) in [5.74, 6) is 1.26. The second kappa shape index (κ2) is 7.96. The van der Waals surface area contributed by atoms with E-state index in [9.17, 15) is 4.39 Å². The van der Waals surface area contributed by atoms with Gasteiger partial charge in [0.25, 0.3) is 0 Å². The molecule has 21 heavy (non-hydrogen) atoms. The molecule has 1 aliphatic carbocycles. The quantitative estimate of drug-likeness (QED) is 0.448. The van der Waals surface area contributed by atoms with Crippen LogP contribution in [-0.2, 0) is 5.41 Å². The minimum atomic E-state index is -0.100. The lowest BCUT2D eigenvalue weighted by atomic mass is 9.95. The summed E-state index contributed by atoms with van der Waals surface area (Å²) < 4.78 is 13.9. The van der Waals surface area contributed by atoms with E-state index in [0.29, 0.717) is 5.92 Å². The molecule has 0 saturated heterocycles. The molecular formula is C16H25FIN3. The maximum atomic E-state index is 13.9. The largest absolute Gasteiger partial charge is 0.356 e. The first-order chi connectivity index (χ1) is 9.57. The highest BCUT2D eigenvalue weighted by molar-refractivity contribution is 14.0. The summed E-state index contributed by atoms with van der Waals surface area (Å²) in [7, 11) is 1.76. The number of hydrogen-bond acceptors (Lipinski definition) is 1. The Morgan fingerprint density at radius 2 is 1.95 bits per heavy atom. The Bertz CT molecular complexity index is 484. The zero-order valence-corrected chi connectivity index (χ0v) is 15.3. The summed E-state index contributed by atoms with van der Waals surface area (Å²) >= 11 is 0. The van der Waals surface area contributed by atoms with Crippen LogP contribution in [0, 0.1) is 11.7 Å². The van der Waals surface area contributed by atoms with E-state index in [1.165, 1.54) is 0 Å². The van der Waals surface area contributed by atoms with E-state index in [1.807, 2.05) is 12.1 Å². The van der Waals surface area contributed by atoms with E-state index in [2.05, 4.69) is 29.5 Å². The fraction of sp³-hybridized carbons (Fsp3) is 0.562. The van der Waals surface area contributed by atoms with Crippen LogP contribution >= 0.6 is 24.0 Å². The van der Waals surface area contributed by atoms with E-state index in [1.54, 1.807) is 19.2 Å². The number of aliphatic imine (C=N–C) groups is 1. The molecule has 0 radical (unpaired) electrons. The smallest absolute Gasteiger partial charge is 0.191 e. The third-order valence-electron chi connectivity index (χ3n) is 3.79. The third-order valence-corrected chi connectivity index (χ3v) is 3.79. The minimum Gasteiger partial charge on any atom is -0.356 e. The summed E-state index contributed by atoms with van der Waals surface area (Å²) in [6.45, 7) is 5.92. The SMILES string of the molecule is CN=C(NCC(C)C)NCC1(c2ccccc2F)CC1.I. The topological polar surface area (TPSA) is 36.4 Å². The number of benzene rings is 1. The van der Waals surface area contributed by atoms with E-state index in [4.69, 9.17) is 0 Å². The first kappa shape index (κ1) is 18.2. The number of nitrogens with one attached hydrogen (secondary N) is 2. The molecule has 1 aromatic carbocycles. The van der Waals surface area contributed by atoms with Crippen LogP contribution in [0.2, 0.25) is 0 Å². The third kappa shape index (κ3) is 4.83. The predicted octanol–water partition coefficient (Wildman–Crippen LogP) is 3.30. The molecule has 3 nitrogen and oxygen atoms in total. The first-order valence-electron chi connectivity index (χ1n) is 7.27. The van der Waals surface area contributed by atoms with Gasteiger partial charge in [-0.15, -0.1) is 24.0 Å². The van der Waals surface area contributed by atoms with Crippen molar-refractivity contribution in [2.45, 2.75) is 32.1 Å². The maximum absolute atomic E-state index is 13.9. The van der Waals surface area contributed by atoms with Gasteiger partial charge in [-0.3, -0.25) is 4.99 Å². The summed E-state index contributed by atoms with van der Waals surface area (Å²) in [5, 5.41) is 6.61. The summed E-state index contributed by atoms with van der Waals surface area (Å²) in [4.78, 5) is 4.21. The van der Waals surface area contributed by atoms with Crippen molar-refractivity contribution in [1.29, 1.82) is 0 Å². The van der Waals surface area contributed by atoms with Crippen molar-refractivity contribution in [3.8, 4) is 0 Å². The van der Waals surface area contributed by atoms with Crippen LogP contribution in [0.3, 0.4) is 0 Å². The monoisotopic (exact) mass is 405 g/mol. The standard InChI is InChI=1S/C16H24FN3.HI/c1-12(2)10-19-15(18-3)20-11-16(8-9-16)13-6-4-5-7-14(13)17;/h4-7,12H,8-11H2,1-3H3,(H2,18,19,20);1H. The van der Waals surface area contributed by atoms with Gasteiger partial charge in [-0.1, -0.05) is 32.0 Å². The molecule has 1 aromatic rings. The molecule has 0 spiro atoms. The Hall–Kier alpha value is -0.850. The predicted molar refractivity (Wildman–Crippen MR) is 96.9 cm³/mol. The van der Waals surface area contributed by atoms with Crippen molar-refractivity contribution >= 4 is 29.9 Å². The van der Waals surface area contributed by atoms with Crippen LogP contribution in [0.4, 0.5) is 4.39 Å². The van der Waals surface area contributed by atoms with Gasteiger partial charge in [0.1, 0.15) is 5.82 Å². The zero-order chi connectivity index (χ0) is 14.6. The molecular weight excluding hydrogens is 380 g/mol. The fourth-order valence-electron chi connectivity index (χ4n) is 2.36. The van der Waals surface area contributed by atoms with Gasteiger partial charge in [0.15, 0.2) is 5.96 Å². The van der Waals surface area contributed by atoms with E-state index in [0.717, 1.165) is 37.5 Å². The van der Waals surface area contributed by atoms with E-state index in [-0.39, 0.29) is 35.2 Å². The molecule has 2 N–H and O–H groups in total. The van der Waals surface area contributed by atoms with Crippen molar-refractivity contribution in [2.24, 2.45) is 10.9 Å². The normalized spacial score (nSPS) is 16.3. The lowest BCUT2D eigenvalue weighted by Crippen LogP contribution is -2.42. The number of nitrogens with zero attached hydrogens (tertiary/aromatic N) is 1. The molecule has 118 valence electrons. The lowest BCUT2D eigenvalue weighted by molar-refractivity contribution is 0.556. The molecule has 0 heterocycles. The molecule has 0 amide bonds. The van der Waals surface area contributed by atoms with Gasteiger partial charge >= 0.3 is 0 Å². The van der Waals surface area contributed by atoms with Crippen molar-refractivity contribution in [3.05, 3.63) is 35.6 Å². The summed E-state index contributed by atoms with van der Waals surface area (Å²) in [6, 6.07) is 7.09. The van der Waals surface area contributed by atoms with Crippen molar-refractivity contribution in [3.63, 3.8) is 0 Å². The highest BCUT2D eigenvalue weighted by Gasteiger charge is 2.45. The fourth-order valence-corrected chi connectivity index (χ4v) is 2.36. The second-order valence-corrected chi connectivity index (χ2v) is 5.96. The average molecular weight is 405 g/mol. The molecule has 0 aromatic heterocycles. The Morgan fingerprint density at radius 1 is 1.29 bits per heavy atom. The molecule has 0 atom stereocenters. The van der Waals surface area contributed by atoms with Crippen LogP contribution in [0.15, 0.2) is 29.3 Å². The van der Waals surface area contributed by atoms with Crippen molar-refractivity contribution < 1.29 is 4.39 Å². The van der Waals surface area contributed by atoms with E-state index >= 15 is 0 Å². The minimum absolute atomic E-state index is 0. The van der Waals surface area contributed by atoms with Crippen LogP contribution < -0.4 is 10.6 Å². The second-order valence-electron chi connectivity index (χ2n) is 5.96. The van der Waals surface area contributed by atoms with Crippen LogP contribution in [0.25, 0.3) is 0 Å². The number of rotatable bonds is 5. The van der Waals surface area contributed by atoms with Gasteiger partial charge in [0.05, 0.1) is 0 Å². The number of guanidine groups is 1. The highest BCUT2D eigenvalue weighted by Crippen LogP contribution is 2.48. The first-order valence-corrected chi connectivity index (χ1v) is 7.27. The van der Waals surface area contributed by atoms with Crippen molar-refractivity contribution in [1.82, 2.24) is 10.6 Å². The molecule has 0 aliphatic heterocycles. The number of halogens is 2. The Morgan fingerprint density at radius 3 is 2.48 bits per heavy atom. The molecule has 5 heteroatoms. The maximum Gasteiger partial charge on any atom is 0.191 e. The molecule has 2 rings (SSSR count). The molecule has 1 aliphatic rings. The van der Waals surface area contributed by atoms with Gasteiger partial charge in [-0.2, -0.15) is 0 Å². The van der Waals surface area contributed by atoms with Crippen LogP contribution in [0.5, 0.6) is 0 Å². The van der Waals surface area contributed by atoms with Gasteiger partial charge in [-0.05, 0) is 30.4 Å². The highest BCUT2D eigenvalue weighted by atomic mass is 127. The Kier molecular flexibility index (Phi) is 6.90. The molecule has 1 fully saturated rings. The molecule has 0 bridgehead atoms. The summed E-state index contributed by atoms with van der Waals surface area (Å²) in [6.07, 6.45) is 2.06. The van der Waals surface area contributed by atoms with Gasteiger partial charge in [0.2, 0.25) is 0 Å². The lowest BCUT2D eigenvalue weighted by Gasteiger charge is -2.20. The Balaban J connectivity index is 0.00000220. The van der Waals surface area contributed by atoms with E-state index < -0.39 is 0 Å². The average Bonchev–Trinajstić information content (AvgIpc) is 3.20. The number of hydrogen-bond donors (Lipinski definition) is 2. The summed E-state index contributed by atoms with van der Waals surface area (Å²) in [5.41, 5.74) is 0.771. The van der Waals surface area contributed by atoms with Gasteiger partial charge < -0.3 is 10.6 Å². The zero-order valence-electron chi connectivity index (χ0n) is 12.9. The van der Waals surface area contributed by atoms with Crippen LogP contribution in [0.1, 0.15) is 32.3 Å². The molecule has 0 unspecified atom stereocenters. The molecule has 1 saturated carbocycles. The van der Waals surface area contributed by atoms with Crippen molar-refractivity contribution in [2.75, 3.05) is 20.1 Å². The Labute approximate surface area is 143 Å². The van der Waals surface area contributed by atoms with Gasteiger partial charge in [-0.25, -0.2) is 4.39 Å². The van der Waals surface area contributed by atoms with Crippen LogP contribution in [-0.4, -0.2) is 26.1 Å². The van der Waals surface area contributed by atoms with Gasteiger partial charge in [0, 0.05) is 25.6 Å².